The van der Waals surface area contributed by atoms with Gasteiger partial charge in [-0.15, -0.1) is 0 Å². The second-order valence-electron chi connectivity index (χ2n) is 4.05. The minimum absolute atomic E-state index is 0.0388. The Morgan fingerprint density at radius 2 is 1.90 bits per heavy atom. The average Bonchev–Trinajstić information content (AvgIpc) is 2.46. The predicted molar refractivity (Wildman–Crippen MR) is 70.1 cm³/mol. The molecule has 0 atom stereocenters. The van der Waals surface area contributed by atoms with Crippen molar-refractivity contribution in [2.75, 3.05) is 6.79 Å². The molecule has 0 saturated heterocycles. The van der Waals surface area contributed by atoms with Crippen LogP contribution in [0.2, 0.25) is 0 Å². The Labute approximate surface area is 115 Å². The Morgan fingerprint density at radius 1 is 1.15 bits per heavy atom. The molecule has 0 aromatic heterocycles. The minimum Gasteiger partial charge on any atom is -0.478 e. The number of ether oxygens (including phenoxy) is 2. The van der Waals surface area contributed by atoms with E-state index in [0.29, 0.717) is 6.61 Å². The fourth-order valence-corrected chi connectivity index (χ4v) is 1.59. The Balaban J connectivity index is 1.84. The van der Waals surface area contributed by atoms with Gasteiger partial charge in [0, 0.05) is 0 Å². The van der Waals surface area contributed by atoms with E-state index in [1.54, 1.807) is 0 Å². The van der Waals surface area contributed by atoms with Gasteiger partial charge in [-0.25, -0.2) is 9.18 Å². The molecule has 0 heterocycles. The van der Waals surface area contributed by atoms with Crippen LogP contribution in [0, 0.1) is 5.82 Å². The number of benzene rings is 2. The van der Waals surface area contributed by atoms with E-state index < -0.39 is 11.8 Å². The zero-order chi connectivity index (χ0) is 14.4. The molecule has 0 bridgehead atoms. The van der Waals surface area contributed by atoms with E-state index in [-0.39, 0.29) is 18.1 Å². The van der Waals surface area contributed by atoms with Crippen molar-refractivity contribution in [2.24, 2.45) is 0 Å². The number of carbonyl (C=O) groups is 1. The SMILES string of the molecule is O=C(O)c1ccc(OCOCc2ccccc2)c(F)c1. The van der Waals surface area contributed by atoms with Crippen molar-refractivity contribution in [3.8, 4) is 5.75 Å². The predicted octanol–water partition coefficient (Wildman–Crippen LogP) is 3.08. The summed E-state index contributed by atoms with van der Waals surface area (Å²) in [5.41, 5.74) is 0.859. The highest BCUT2D eigenvalue weighted by atomic mass is 19.1. The summed E-state index contributed by atoms with van der Waals surface area (Å²) in [6.07, 6.45) is 0. The largest absolute Gasteiger partial charge is 0.478 e. The van der Waals surface area contributed by atoms with Gasteiger partial charge in [0.15, 0.2) is 18.4 Å². The molecule has 20 heavy (non-hydrogen) atoms. The smallest absolute Gasteiger partial charge is 0.335 e. The lowest BCUT2D eigenvalue weighted by atomic mass is 10.2. The first-order valence-corrected chi connectivity index (χ1v) is 5.94. The molecule has 2 aromatic carbocycles. The molecule has 0 aliphatic carbocycles. The molecule has 5 heteroatoms. The van der Waals surface area contributed by atoms with Gasteiger partial charge in [-0.05, 0) is 23.8 Å². The fourth-order valence-electron chi connectivity index (χ4n) is 1.59. The monoisotopic (exact) mass is 276 g/mol. The Morgan fingerprint density at radius 3 is 2.55 bits per heavy atom. The highest BCUT2D eigenvalue weighted by Crippen LogP contribution is 2.18. The lowest BCUT2D eigenvalue weighted by Crippen LogP contribution is -2.05. The number of aromatic carboxylic acids is 1. The van der Waals surface area contributed by atoms with Gasteiger partial charge >= 0.3 is 5.97 Å². The van der Waals surface area contributed by atoms with Crippen molar-refractivity contribution in [3.05, 3.63) is 65.5 Å². The molecular weight excluding hydrogens is 263 g/mol. The lowest BCUT2D eigenvalue weighted by molar-refractivity contribution is 0.00301. The van der Waals surface area contributed by atoms with Gasteiger partial charge in [-0.3, -0.25) is 0 Å². The highest BCUT2D eigenvalue weighted by molar-refractivity contribution is 5.87. The van der Waals surface area contributed by atoms with E-state index in [4.69, 9.17) is 14.6 Å². The van der Waals surface area contributed by atoms with Crippen molar-refractivity contribution >= 4 is 5.97 Å². The Bertz CT molecular complexity index is 584. The summed E-state index contributed by atoms with van der Waals surface area (Å²) in [4.78, 5) is 10.6. The summed E-state index contributed by atoms with van der Waals surface area (Å²) in [7, 11) is 0. The first-order chi connectivity index (χ1) is 9.66. The van der Waals surface area contributed by atoms with Crippen LogP contribution in [0.1, 0.15) is 15.9 Å². The van der Waals surface area contributed by atoms with Crippen molar-refractivity contribution in [2.45, 2.75) is 6.61 Å². The van der Waals surface area contributed by atoms with Gasteiger partial charge < -0.3 is 14.6 Å². The topological polar surface area (TPSA) is 55.8 Å². The summed E-state index contributed by atoms with van der Waals surface area (Å²) < 4.78 is 23.9. The van der Waals surface area contributed by atoms with Crippen LogP contribution in [0.5, 0.6) is 5.75 Å². The minimum atomic E-state index is -1.18. The molecule has 2 rings (SSSR count). The van der Waals surface area contributed by atoms with Crippen LogP contribution in [0.4, 0.5) is 4.39 Å². The highest BCUT2D eigenvalue weighted by Gasteiger charge is 2.09. The Kier molecular flexibility index (Phi) is 4.68. The zero-order valence-corrected chi connectivity index (χ0v) is 10.6. The molecule has 0 saturated carbocycles. The van der Waals surface area contributed by atoms with E-state index in [9.17, 15) is 9.18 Å². The first kappa shape index (κ1) is 14.0. The standard InChI is InChI=1S/C15H13FO4/c16-13-8-12(15(17)18)6-7-14(13)20-10-19-9-11-4-2-1-3-5-11/h1-8H,9-10H2,(H,17,18). The third kappa shape index (κ3) is 3.80. The molecule has 0 aliphatic heterocycles. The van der Waals surface area contributed by atoms with Crippen LogP contribution in [0.3, 0.4) is 0 Å². The second-order valence-corrected chi connectivity index (χ2v) is 4.05. The van der Waals surface area contributed by atoms with E-state index in [2.05, 4.69) is 0 Å². The molecule has 0 radical (unpaired) electrons. The molecule has 0 unspecified atom stereocenters. The third-order valence-electron chi connectivity index (χ3n) is 2.59. The number of carboxylic acid groups (broad SMARTS) is 1. The molecule has 2 aromatic rings. The molecule has 1 N–H and O–H groups in total. The van der Waals surface area contributed by atoms with Gasteiger partial charge in [-0.2, -0.15) is 0 Å². The van der Waals surface area contributed by atoms with Crippen molar-refractivity contribution in [1.29, 1.82) is 0 Å². The number of rotatable bonds is 6. The normalized spacial score (nSPS) is 10.2. The molecule has 0 aliphatic rings. The molecule has 0 amide bonds. The molecule has 104 valence electrons. The number of carboxylic acids is 1. The number of hydrogen-bond donors (Lipinski definition) is 1. The van der Waals surface area contributed by atoms with Crippen molar-refractivity contribution < 1.29 is 23.8 Å². The summed E-state index contributed by atoms with van der Waals surface area (Å²) >= 11 is 0. The van der Waals surface area contributed by atoms with Crippen LogP contribution in [0.25, 0.3) is 0 Å². The fraction of sp³-hybridized carbons (Fsp3) is 0.133. The average molecular weight is 276 g/mol. The van der Waals surface area contributed by atoms with Crippen LogP contribution < -0.4 is 4.74 Å². The van der Waals surface area contributed by atoms with Gasteiger partial charge in [0.25, 0.3) is 0 Å². The molecular formula is C15H13FO4. The van der Waals surface area contributed by atoms with Crippen LogP contribution >= 0.6 is 0 Å². The molecule has 0 fully saturated rings. The Hall–Kier alpha value is -2.40. The second kappa shape index (κ2) is 6.68. The van der Waals surface area contributed by atoms with Crippen LogP contribution in [-0.4, -0.2) is 17.9 Å². The van der Waals surface area contributed by atoms with E-state index in [1.165, 1.54) is 12.1 Å². The number of hydrogen-bond acceptors (Lipinski definition) is 3. The van der Waals surface area contributed by atoms with Gasteiger partial charge in [-0.1, -0.05) is 30.3 Å². The summed E-state index contributed by atoms with van der Waals surface area (Å²) in [5, 5.41) is 8.71. The summed E-state index contributed by atoms with van der Waals surface area (Å²) in [5.74, 6) is -1.95. The zero-order valence-electron chi connectivity index (χ0n) is 10.6. The van der Waals surface area contributed by atoms with E-state index >= 15 is 0 Å². The van der Waals surface area contributed by atoms with Gasteiger partial charge in [0.2, 0.25) is 0 Å². The first-order valence-electron chi connectivity index (χ1n) is 5.94. The maximum Gasteiger partial charge on any atom is 0.335 e. The van der Waals surface area contributed by atoms with Gasteiger partial charge in [0.05, 0.1) is 12.2 Å². The molecule has 4 nitrogen and oxygen atoms in total. The summed E-state index contributed by atoms with van der Waals surface area (Å²) in [6, 6.07) is 13.0. The molecule has 0 spiro atoms. The summed E-state index contributed by atoms with van der Waals surface area (Å²) in [6.45, 7) is 0.244. The lowest BCUT2D eigenvalue weighted by Gasteiger charge is -2.08. The van der Waals surface area contributed by atoms with Gasteiger partial charge in [0.1, 0.15) is 0 Å². The van der Waals surface area contributed by atoms with E-state index in [1.807, 2.05) is 30.3 Å². The van der Waals surface area contributed by atoms with E-state index in [0.717, 1.165) is 11.6 Å². The third-order valence-corrected chi connectivity index (χ3v) is 2.59. The van der Waals surface area contributed by atoms with Crippen LogP contribution in [-0.2, 0) is 11.3 Å². The van der Waals surface area contributed by atoms with Crippen molar-refractivity contribution in [1.82, 2.24) is 0 Å². The maximum absolute atomic E-state index is 13.5. The maximum atomic E-state index is 13.5. The quantitative estimate of drug-likeness (QED) is 0.650. The van der Waals surface area contributed by atoms with Crippen LogP contribution in [0.15, 0.2) is 48.5 Å². The number of halogens is 1. The van der Waals surface area contributed by atoms with Crippen molar-refractivity contribution in [3.63, 3.8) is 0 Å².